The van der Waals surface area contributed by atoms with Gasteiger partial charge in [-0.15, -0.1) is 16.9 Å². The van der Waals surface area contributed by atoms with Crippen molar-refractivity contribution in [2.24, 2.45) is 0 Å². The lowest BCUT2D eigenvalue weighted by Crippen LogP contribution is -2.04. The highest BCUT2D eigenvalue weighted by Gasteiger charge is 2.21. The van der Waals surface area contributed by atoms with Gasteiger partial charge in [0.2, 0.25) is 5.95 Å². The van der Waals surface area contributed by atoms with Crippen molar-refractivity contribution in [3.05, 3.63) is 46.2 Å². The van der Waals surface area contributed by atoms with Crippen molar-refractivity contribution in [2.75, 3.05) is 6.26 Å². The number of rotatable bonds is 3. The number of thioether (sulfide) groups is 1. The predicted octanol–water partition coefficient (Wildman–Crippen LogP) is 3.94. The summed E-state index contributed by atoms with van der Waals surface area (Å²) in [4.78, 5) is 8.85. The van der Waals surface area contributed by atoms with Gasteiger partial charge in [-0.05, 0) is 53.1 Å². The number of pyridine rings is 2. The van der Waals surface area contributed by atoms with Crippen molar-refractivity contribution < 1.29 is 9.50 Å². The predicted molar refractivity (Wildman–Crippen MR) is 89.2 cm³/mol. The topological polar surface area (TPSA) is 63.5 Å². The fourth-order valence-corrected chi connectivity index (χ4v) is 3.18. The molecule has 0 aliphatic heterocycles. The molecular formula is C14H9FIN4OS. The van der Waals surface area contributed by atoms with Crippen LogP contribution >= 0.6 is 34.4 Å². The maximum absolute atomic E-state index is 13.0. The van der Waals surface area contributed by atoms with E-state index in [2.05, 4.69) is 15.1 Å². The minimum atomic E-state index is -0.574. The highest BCUT2D eigenvalue weighted by Crippen LogP contribution is 2.35. The van der Waals surface area contributed by atoms with E-state index < -0.39 is 5.95 Å². The van der Waals surface area contributed by atoms with Crippen molar-refractivity contribution in [3.8, 4) is 23.0 Å². The van der Waals surface area contributed by atoms with Gasteiger partial charge in [-0.1, -0.05) is 0 Å². The van der Waals surface area contributed by atoms with E-state index in [0.29, 0.717) is 20.6 Å². The maximum Gasteiger partial charge on any atom is 0.302 e. The van der Waals surface area contributed by atoms with Crippen molar-refractivity contribution >= 4 is 34.4 Å². The average molecular weight is 427 g/mol. The SMILES string of the molecule is CSc1cccnc1-n1nc([O])c(I)c1-c1ccc(F)nc1. The van der Waals surface area contributed by atoms with E-state index in [1.807, 2.05) is 41.0 Å². The molecule has 22 heavy (non-hydrogen) atoms. The number of hydrogen-bond acceptors (Lipinski definition) is 4. The van der Waals surface area contributed by atoms with Crippen LogP contribution in [0.5, 0.6) is 5.88 Å². The van der Waals surface area contributed by atoms with Gasteiger partial charge < -0.3 is 0 Å². The molecule has 3 aromatic rings. The van der Waals surface area contributed by atoms with Crippen molar-refractivity contribution in [2.45, 2.75) is 4.90 Å². The Morgan fingerprint density at radius 2 is 2.09 bits per heavy atom. The van der Waals surface area contributed by atoms with Crippen LogP contribution in [0.1, 0.15) is 0 Å². The highest BCUT2D eigenvalue weighted by atomic mass is 127. The monoisotopic (exact) mass is 427 g/mol. The highest BCUT2D eigenvalue weighted by molar-refractivity contribution is 14.1. The van der Waals surface area contributed by atoms with Crippen LogP contribution in [-0.4, -0.2) is 26.0 Å². The van der Waals surface area contributed by atoms with Crippen LogP contribution in [0.15, 0.2) is 41.6 Å². The minimum absolute atomic E-state index is 0.349. The molecule has 0 aromatic carbocycles. The molecule has 0 bridgehead atoms. The van der Waals surface area contributed by atoms with E-state index >= 15 is 0 Å². The second-order valence-electron chi connectivity index (χ2n) is 4.28. The van der Waals surface area contributed by atoms with Crippen LogP contribution in [-0.2, 0) is 5.11 Å². The Balaban J connectivity index is 2.25. The molecule has 0 spiro atoms. The molecule has 5 nitrogen and oxygen atoms in total. The summed E-state index contributed by atoms with van der Waals surface area (Å²) in [7, 11) is 0. The number of aromatic nitrogens is 4. The number of hydrogen-bond donors (Lipinski definition) is 0. The van der Waals surface area contributed by atoms with E-state index in [-0.39, 0.29) is 5.88 Å². The molecular weight excluding hydrogens is 418 g/mol. The molecule has 1 radical (unpaired) electrons. The van der Waals surface area contributed by atoms with E-state index in [1.54, 1.807) is 12.3 Å². The van der Waals surface area contributed by atoms with Crippen molar-refractivity contribution in [3.63, 3.8) is 0 Å². The van der Waals surface area contributed by atoms with Crippen LogP contribution < -0.4 is 0 Å². The van der Waals surface area contributed by atoms with Crippen LogP contribution in [0.3, 0.4) is 0 Å². The van der Waals surface area contributed by atoms with Gasteiger partial charge in [0.1, 0.15) is 3.57 Å². The second-order valence-corrected chi connectivity index (χ2v) is 6.21. The first-order valence-electron chi connectivity index (χ1n) is 6.18. The quantitative estimate of drug-likeness (QED) is 0.361. The van der Waals surface area contributed by atoms with E-state index in [0.717, 1.165) is 4.90 Å². The van der Waals surface area contributed by atoms with Gasteiger partial charge in [0.05, 0.1) is 10.6 Å². The zero-order chi connectivity index (χ0) is 15.7. The second kappa shape index (κ2) is 6.21. The molecule has 0 amide bonds. The van der Waals surface area contributed by atoms with Crippen LogP contribution in [0, 0.1) is 9.52 Å². The Bertz CT molecular complexity index is 822. The zero-order valence-electron chi connectivity index (χ0n) is 11.3. The molecule has 3 rings (SSSR count). The third-order valence-corrected chi connectivity index (χ3v) is 4.70. The Morgan fingerprint density at radius 1 is 1.27 bits per heavy atom. The summed E-state index contributed by atoms with van der Waals surface area (Å²) in [5.41, 5.74) is 1.17. The Kier molecular flexibility index (Phi) is 4.30. The largest absolute Gasteiger partial charge is 0.302 e. The fraction of sp³-hybridized carbons (Fsp3) is 0.0714. The molecule has 0 saturated heterocycles. The summed E-state index contributed by atoms with van der Waals surface area (Å²) in [6.45, 7) is 0. The molecule has 3 aromatic heterocycles. The minimum Gasteiger partial charge on any atom is -0.265 e. The van der Waals surface area contributed by atoms with E-state index in [4.69, 9.17) is 0 Å². The van der Waals surface area contributed by atoms with Crippen LogP contribution in [0.2, 0.25) is 0 Å². The summed E-state index contributed by atoms with van der Waals surface area (Å²) in [6, 6.07) is 6.54. The van der Waals surface area contributed by atoms with E-state index in [9.17, 15) is 9.50 Å². The summed E-state index contributed by atoms with van der Waals surface area (Å²) < 4.78 is 15.0. The summed E-state index contributed by atoms with van der Waals surface area (Å²) in [6.07, 6.45) is 4.94. The lowest BCUT2D eigenvalue weighted by atomic mass is 10.2. The first-order chi connectivity index (χ1) is 10.6. The van der Waals surface area contributed by atoms with Crippen LogP contribution in [0.4, 0.5) is 4.39 Å². The molecule has 0 unspecified atom stereocenters. The number of halogens is 2. The van der Waals surface area contributed by atoms with Gasteiger partial charge >= 0.3 is 5.88 Å². The summed E-state index contributed by atoms with van der Waals surface area (Å²) in [5.74, 6) is -0.359. The van der Waals surface area contributed by atoms with Gasteiger partial charge in [-0.3, -0.25) is 5.11 Å². The molecule has 0 aliphatic carbocycles. The van der Waals surface area contributed by atoms with Crippen molar-refractivity contribution in [1.29, 1.82) is 0 Å². The first kappa shape index (κ1) is 15.2. The molecule has 0 fully saturated rings. The number of nitrogens with zero attached hydrogens (tertiary/aromatic N) is 4. The Hall–Kier alpha value is -1.68. The van der Waals surface area contributed by atoms with Gasteiger partial charge in [-0.2, -0.15) is 4.39 Å². The first-order valence-corrected chi connectivity index (χ1v) is 8.49. The van der Waals surface area contributed by atoms with Gasteiger partial charge in [0, 0.05) is 18.0 Å². The molecule has 0 atom stereocenters. The standard InChI is InChI=1S/C14H9FIN4OS/c1-22-9-3-2-6-17-13(9)20-12(11(16)14(21)19-20)8-4-5-10(15)18-7-8/h2-7H,1H3. The molecule has 0 aliphatic rings. The van der Waals surface area contributed by atoms with Crippen LogP contribution in [0.25, 0.3) is 17.1 Å². The molecule has 0 N–H and O–H groups in total. The fourth-order valence-electron chi connectivity index (χ4n) is 2.00. The third-order valence-electron chi connectivity index (χ3n) is 2.97. The summed E-state index contributed by atoms with van der Waals surface area (Å²) >= 11 is 3.44. The molecule has 3 heterocycles. The Morgan fingerprint density at radius 3 is 2.77 bits per heavy atom. The van der Waals surface area contributed by atoms with Gasteiger partial charge in [-0.25, -0.2) is 14.6 Å². The molecule has 8 heteroatoms. The zero-order valence-corrected chi connectivity index (χ0v) is 14.3. The third kappa shape index (κ3) is 2.68. The maximum atomic E-state index is 13.0. The van der Waals surface area contributed by atoms with Crippen molar-refractivity contribution in [1.82, 2.24) is 19.7 Å². The lowest BCUT2D eigenvalue weighted by Gasteiger charge is -2.09. The molecule has 0 saturated carbocycles. The smallest absolute Gasteiger partial charge is 0.265 e. The average Bonchev–Trinajstić information content (AvgIpc) is 2.84. The Labute approximate surface area is 143 Å². The van der Waals surface area contributed by atoms with Gasteiger partial charge in [0.15, 0.2) is 5.82 Å². The lowest BCUT2D eigenvalue weighted by molar-refractivity contribution is 0.331. The summed E-state index contributed by atoms with van der Waals surface area (Å²) in [5, 5.41) is 16.0. The normalized spacial score (nSPS) is 10.9. The molecule has 111 valence electrons. The van der Waals surface area contributed by atoms with E-state index in [1.165, 1.54) is 28.7 Å². The van der Waals surface area contributed by atoms with Gasteiger partial charge in [0.25, 0.3) is 0 Å².